The number of carboxylic acids is 1. The van der Waals surface area contributed by atoms with Crippen molar-refractivity contribution in [2.24, 2.45) is 0 Å². The Morgan fingerprint density at radius 2 is 2.10 bits per heavy atom. The lowest BCUT2D eigenvalue weighted by atomic mass is 10.1. The minimum Gasteiger partial charge on any atom is -0.478 e. The summed E-state index contributed by atoms with van der Waals surface area (Å²) in [5, 5.41) is 15.0. The second-order valence-electron chi connectivity index (χ2n) is 5.01. The number of hydrogen-bond acceptors (Lipinski definition) is 4. The highest BCUT2D eigenvalue weighted by molar-refractivity contribution is 7.17. The maximum absolute atomic E-state index is 12.0. The fraction of sp³-hybridized carbons (Fsp3) is 0.462. The molecule has 0 saturated carbocycles. The minimum absolute atomic E-state index is 0.141. The van der Waals surface area contributed by atoms with E-state index in [0.717, 1.165) is 29.7 Å². The Kier molecular flexibility index (Phi) is 3.21. The van der Waals surface area contributed by atoms with E-state index in [-0.39, 0.29) is 17.4 Å². The number of thiophene rings is 1. The lowest BCUT2D eigenvalue weighted by Gasteiger charge is -2.10. The smallest absolute Gasteiger partial charge is 0.339 e. The van der Waals surface area contributed by atoms with Crippen molar-refractivity contribution in [2.45, 2.75) is 38.1 Å². The van der Waals surface area contributed by atoms with Gasteiger partial charge in [0, 0.05) is 11.3 Å². The van der Waals surface area contributed by atoms with E-state index in [4.69, 9.17) is 0 Å². The largest absolute Gasteiger partial charge is 0.478 e. The molecule has 3 rings (SSSR count). The molecule has 0 aromatic carbocycles. The zero-order chi connectivity index (χ0) is 14.3. The van der Waals surface area contributed by atoms with Crippen molar-refractivity contribution in [2.75, 3.05) is 5.32 Å². The molecule has 1 aromatic heterocycles. The molecule has 2 heterocycles. The summed E-state index contributed by atoms with van der Waals surface area (Å²) in [6.45, 7) is 0. The highest BCUT2D eigenvalue weighted by Crippen LogP contribution is 2.39. The quantitative estimate of drug-likeness (QED) is 0.779. The number of carbonyl (C=O) groups is 3. The highest BCUT2D eigenvalue weighted by atomic mass is 32.1. The zero-order valence-corrected chi connectivity index (χ0v) is 11.5. The fourth-order valence-electron chi connectivity index (χ4n) is 2.73. The molecular formula is C13H14N2O4S. The van der Waals surface area contributed by atoms with Crippen LogP contribution in [0.2, 0.25) is 0 Å². The molecule has 1 aromatic rings. The van der Waals surface area contributed by atoms with Crippen LogP contribution in [0.3, 0.4) is 0 Å². The standard InChI is InChI=1S/C13H14N2O4S/c16-9-5-4-7(14-9)11(17)15-12-10(13(18)19)6-2-1-3-8(6)20-12/h7H,1-5H2,(H,14,16)(H,15,17)(H,18,19)/t7-/m0/s1. The van der Waals surface area contributed by atoms with Gasteiger partial charge in [-0.1, -0.05) is 0 Å². The van der Waals surface area contributed by atoms with Gasteiger partial charge in [-0.05, 0) is 31.2 Å². The molecule has 2 aliphatic rings. The van der Waals surface area contributed by atoms with Gasteiger partial charge in [0.05, 0.1) is 5.56 Å². The summed E-state index contributed by atoms with van der Waals surface area (Å²) in [5.74, 6) is -1.48. The van der Waals surface area contributed by atoms with Crippen molar-refractivity contribution in [3.63, 3.8) is 0 Å². The Labute approximate surface area is 119 Å². The van der Waals surface area contributed by atoms with E-state index in [1.807, 2.05) is 0 Å². The monoisotopic (exact) mass is 294 g/mol. The number of fused-ring (bicyclic) bond motifs is 1. The fourth-order valence-corrected chi connectivity index (χ4v) is 4.01. The molecular weight excluding hydrogens is 280 g/mol. The molecule has 7 heteroatoms. The van der Waals surface area contributed by atoms with Crippen molar-refractivity contribution < 1.29 is 19.5 Å². The van der Waals surface area contributed by atoms with Gasteiger partial charge < -0.3 is 15.7 Å². The van der Waals surface area contributed by atoms with Crippen LogP contribution in [-0.4, -0.2) is 28.9 Å². The van der Waals surface area contributed by atoms with E-state index in [2.05, 4.69) is 10.6 Å². The topological polar surface area (TPSA) is 95.5 Å². The second-order valence-corrected chi connectivity index (χ2v) is 6.12. The van der Waals surface area contributed by atoms with Crippen molar-refractivity contribution in [3.05, 3.63) is 16.0 Å². The zero-order valence-electron chi connectivity index (χ0n) is 10.7. The van der Waals surface area contributed by atoms with E-state index in [1.54, 1.807) is 0 Å². The van der Waals surface area contributed by atoms with Crippen LogP contribution in [0.15, 0.2) is 0 Å². The molecule has 2 amide bonds. The third-order valence-electron chi connectivity index (χ3n) is 3.68. The van der Waals surface area contributed by atoms with Gasteiger partial charge in [-0.25, -0.2) is 4.79 Å². The van der Waals surface area contributed by atoms with E-state index in [0.29, 0.717) is 17.8 Å². The first kappa shape index (κ1) is 13.1. The molecule has 1 aliphatic heterocycles. The number of aromatic carboxylic acids is 1. The predicted octanol–water partition coefficient (Wildman–Crippen LogP) is 1.15. The molecule has 3 N–H and O–H groups in total. The third-order valence-corrected chi connectivity index (χ3v) is 4.89. The third kappa shape index (κ3) is 2.18. The molecule has 0 radical (unpaired) electrons. The Balaban J connectivity index is 1.82. The number of anilines is 1. The number of rotatable bonds is 3. The number of carbonyl (C=O) groups excluding carboxylic acids is 2. The van der Waals surface area contributed by atoms with Crippen LogP contribution in [0, 0.1) is 0 Å². The van der Waals surface area contributed by atoms with Crippen LogP contribution in [0.5, 0.6) is 0 Å². The van der Waals surface area contributed by atoms with Crippen LogP contribution in [-0.2, 0) is 22.4 Å². The first-order chi connectivity index (χ1) is 9.56. The van der Waals surface area contributed by atoms with Crippen molar-refractivity contribution in [3.8, 4) is 0 Å². The van der Waals surface area contributed by atoms with E-state index in [1.165, 1.54) is 11.3 Å². The summed E-state index contributed by atoms with van der Waals surface area (Å²) in [7, 11) is 0. The molecule has 1 atom stereocenters. The summed E-state index contributed by atoms with van der Waals surface area (Å²) < 4.78 is 0. The van der Waals surface area contributed by atoms with Gasteiger partial charge in [0.1, 0.15) is 11.0 Å². The van der Waals surface area contributed by atoms with Crippen LogP contribution in [0.1, 0.15) is 40.1 Å². The van der Waals surface area contributed by atoms with Crippen molar-refractivity contribution in [1.82, 2.24) is 5.32 Å². The normalized spacial score (nSPS) is 20.6. The van der Waals surface area contributed by atoms with E-state index >= 15 is 0 Å². The average Bonchev–Trinajstić information content (AvgIpc) is 3.03. The first-order valence-corrected chi connectivity index (χ1v) is 7.36. The predicted molar refractivity (Wildman–Crippen MR) is 73.1 cm³/mol. The summed E-state index contributed by atoms with van der Waals surface area (Å²) >= 11 is 1.34. The molecule has 1 fully saturated rings. The Morgan fingerprint density at radius 1 is 1.30 bits per heavy atom. The highest BCUT2D eigenvalue weighted by Gasteiger charge is 2.31. The van der Waals surface area contributed by atoms with Crippen molar-refractivity contribution in [1.29, 1.82) is 0 Å². The second kappa shape index (κ2) is 4.90. The summed E-state index contributed by atoms with van der Waals surface area (Å²) in [6, 6.07) is -0.555. The van der Waals surface area contributed by atoms with Gasteiger partial charge in [0.15, 0.2) is 0 Å². The Bertz CT molecular complexity index is 608. The average molecular weight is 294 g/mol. The molecule has 20 heavy (non-hydrogen) atoms. The summed E-state index contributed by atoms with van der Waals surface area (Å²) in [4.78, 5) is 35.6. The maximum atomic E-state index is 12.0. The number of nitrogens with one attached hydrogen (secondary N) is 2. The van der Waals surface area contributed by atoms with Crippen molar-refractivity contribution >= 4 is 34.1 Å². The molecule has 106 valence electrons. The van der Waals surface area contributed by atoms with Gasteiger partial charge in [-0.15, -0.1) is 11.3 Å². The Morgan fingerprint density at radius 3 is 2.75 bits per heavy atom. The molecule has 1 saturated heterocycles. The molecule has 6 nitrogen and oxygen atoms in total. The molecule has 0 bridgehead atoms. The minimum atomic E-state index is -1.00. The van der Waals surface area contributed by atoms with Gasteiger partial charge in [0.2, 0.25) is 11.8 Å². The van der Waals surface area contributed by atoms with Crippen LogP contribution in [0.4, 0.5) is 5.00 Å². The molecule has 0 unspecified atom stereocenters. The molecule has 0 spiro atoms. The summed E-state index contributed by atoms with van der Waals surface area (Å²) in [6.07, 6.45) is 3.39. The van der Waals surface area contributed by atoms with Crippen LogP contribution < -0.4 is 10.6 Å². The number of carboxylic acid groups (broad SMARTS) is 1. The van der Waals surface area contributed by atoms with Gasteiger partial charge in [-0.3, -0.25) is 9.59 Å². The number of hydrogen-bond donors (Lipinski definition) is 3. The van der Waals surface area contributed by atoms with Gasteiger partial charge in [-0.2, -0.15) is 0 Å². The SMILES string of the molecule is O=C1CC[C@@H](C(=O)Nc2sc3c(c2C(=O)O)CCC3)N1. The van der Waals surface area contributed by atoms with E-state index < -0.39 is 12.0 Å². The lowest BCUT2D eigenvalue weighted by Crippen LogP contribution is -2.37. The Hall–Kier alpha value is -1.89. The maximum Gasteiger partial charge on any atom is 0.339 e. The first-order valence-electron chi connectivity index (χ1n) is 6.54. The van der Waals surface area contributed by atoms with E-state index in [9.17, 15) is 19.5 Å². The summed E-state index contributed by atoms with van der Waals surface area (Å²) in [5.41, 5.74) is 1.08. The number of amides is 2. The van der Waals surface area contributed by atoms with Gasteiger partial charge >= 0.3 is 5.97 Å². The van der Waals surface area contributed by atoms with Crippen LogP contribution >= 0.6 is 11.3 Å². The number of aryl methyl sites for hydroxylation is 1. The lowest BCUT2D eigenvalue weighted by molar-refractivity contribution is -0.122. The molecule has 1 aliphatic carbocycles. The van der Waals surface area contributed by atoms with Crippen LogP contribution in [0.25, 0.3) is 0 Å². The van der Waals surface area contributed by atoms with Gasteiger partial charge in [0.25, 0.3) is 0 Å².